The first-order valence-corrected chi connectivity index (χ1v) is 9.88. The van der Waals surface area contributed by atoms with E-state index in [1.807, 2.05) is 18.2 Å². The molecule has 1 aromatic rings. The first-order chi connectivity index (χ1) is 13.6. The van der Waals surface area contributed by atoms with E-state index >= 15 is 0 Å². The van der Waals surface area contributed by atoms with Gasteiger partial charge in [-0.1, -0.05) is 30.3 Å². The standard InChI is InChI=1S/C23H28F2O3/c1-3-4-5-19-11-10-18(15-27-19)17-8-6-16(7-9-17)14-28-21-13-12-20(26-2)22(24)23(21)25/h3,6-9,18-19H,1,4-5,10-15H2,2H3. The zero-order valence-corrected chi connectivity index (χ0v) is 16.4. The maximum Gasteiger partial charge on any atom is 0.199 e. The van der Waals surface area contributed by atoms with Crippen molar-refractivity contribution in [2.45, 2.75) is 57.2 Å². The minimum Gasteiger partial charge on any atom is -0.498 e. The van der Waals surface area contributed by atoms with E-state index in [-0.39, 0.29) is 18.1 Å². The Morgan fingerprint density at radius 3 is 2.46 bits per heavy atom. The molecule has 3 rings (SSSR count). The van der Waals surface area contributed by atoms with Crippen LogP contribution in [0.25, 0.3) is 0 Å². The van der Waals surface area contributed by atoms with E-state index in [0.29, 0.717) is 24.9 Å². The van der Waals surface area contributed by atoms with Crippen molar-refractivity contribution in [2.24, 2.45) is 0 Å². The summed E-state index contributed by atoms with van der Waals surface area (Å²) < 4.78 is 44.2. The quantitative estimate of drug-likeness (QED) is 0.492. The number of benzene rings is 1. The van der Waals surface area contributed by atoms with E-state index in [4.69, 9.17) is 14.2 Å². The highest BCUT2D eigenvalue weighted by Crippen LogP contribution is 2.34. The van der Waals surface area contributed by atoms with E-state index in [9.17, 15) is 8.78 Å². The summed E-state index contributed by atoms with van der Waals surface area (Å²) in [5.74, 6) is -1.42. The molecular weight excluding hydrogens is 362 g/mol. The van der Waals surface area contributed by atoms with Crippen LogP contribution in [0.3, 0.4) is 0 Å². The molecule has 0 saturated carbocycles. The third-order valence-electron chi connectivity index (χ3n) is 5.44. The van der Waals surface area contributed by atoms with Crippen LogP contribution in [0.4, 0.5) is 8.78 Å². The Balaban J connectivity index is 1.52. The number of rotatable bonds is 8. The van der Waals surface area contributed by atoms with Crippen molar-refractivity contribution in [3.05, 3.63) is 71.2 Å². The summed E-state index contributed by atoms with van der Waals surface area (Å²) in [7, 11) is 1.34. The molecule has 1 heterocycles. The molecule has 0 radical (unpaired) electrons. The Bertz CT molecular complexity index is 729. The highest BCUT2D eigenvalue weighted by Gasteiger charge is 2.25. The Morgan fingerprint density at radius 1 is 1.11 bits per heavy atom. The Hall–Kier alpha value is -2.14. The molecule has 2 aliphatic rings. The lowest BCUT2D eigenvalue weighted by molar-refractivity contribution is -0.000179. The van der Waals surface area contributed by atoms with Crippen molar-refractivity contribution >= 4 is 0 Å². The van der Waals surface area contributed by atoms with E-state index in [1.165, 1.54) is 12.7 Å². The van der Waals surface area contributed by atoms with Gasteiger partial charge in [0.05, 0.1) is 19.8 Å². The second-order valence-corrected chi connectivity index (χ2v) is 7.30. The lowest BCUT2D eigenvalue weighted by Gasteiger charge is -2.29. The molecule has 5 heteroatoms. The summed E-state index contributed by atoms with van der Waals surface area (Å²) in [6.07, 6.45) is 7.10. The van der Waals surface area contributed by atoms with Gasteiger partial charge in [-0.2, -0.15) is 8.78 Å². The Morgan fingerprint density at radius 2 is 1.82 bits per heavy atom. The molecule has 1 saturated heterocycles. The van der Waals surface area contributed by atoms with Crippen LogP contribution < -0.4 is 0 Å². The second-order valence-electron chi connectivity index (χ2n) is 7.30. The number of methoxy groups -OCH3 is 1. The molecule has 1 aromatic carbocycles. The fourth-order valence-corrected chi connectivity index (χ4v) is 3.68. The SMILES string of the molecule is C=CCCC1CCC(c2ccc(COC3=C(F)C(F)=C(OC)CC3)cc2)CO1. The van der Waals surface area contributed by atoms with Crippen LogP contribution in [0.5, 0.6) is 0 Å². The monoisotopic (exact) mass is 390 g/mol. The van der Waals surface area contributed by atoms with Gasteiger partial charge >= 0.3 is 0 Å². The third kappa shape index (κ3) is 5.02. The van der Waals surface area contributed by atoms with E-state index in [2.05, 4.69) is 18.7 Å². The maximum atomic E-state index is 14.0. The summed E-state index contributed by atoms with van der Waals surface area (Å²) in [5.41, 5.74) is 2.17. The van der Waals surface area contributed by atoms with Crippen molar-refractivity contribution in [1.82, 2.24) is 0 Å². The van der Waals surface area contributed by atoms with Crippen LogP contribution in [-0.2, 0) is 20.8 Å². The lowest BCUT2D eigenvalue weighted by atomic mass is 9.90. The van der Waals surface area contributed by atoms with Crippen LogP contribution in [0.1, 0.15) is 55.6 Å². The fourth-order valence-electron chi connectivity index (χ4n) is 3.68. The molecule has 0 amide bonds. The summed E-state index contributed by atoms with van der Waals surface area (Å²) in [6, 6.07) is 8.11. The lowest BCUT2D eigenvalue weighted by Crippen LogP contribution is -2.24. The zero-order chi connectivity index (χ0) is 19.9. The number of hydrogen-bond donors (Lipinski definition) is 0. The van der Waals surface area contributed by atoms with Gasteiger partial charge in [-0.25, -0.2) is 0 Å². The van der Waals surface area contributed by atoms with Crippen LogP contribution >= 0.6 is 0 Å². The summed E-state index contributed by atoms with van der Waals surface area (Å²) in [4.78, 5) is 0. The minimum absolute atomic E-state index is 0.0376. The van der Waals surface area contributed by atoms with Gasteiger partial charge in [0.2, 0.25) is 0 Å². The molecule has 2 unspecified atom stereocenters. The molecule has 3 nitrogen and oxygen atoms in total. The van der Waals surface area contributed by atoms with Crippen molar-refractivity contribution in [1.29, 1.82) is 0 Å². The number of halogens is 2. The molecule has 1 fully saturated rings. The number of ether oxygens (including phenoxy) is 3. The van der Waals surface area contributed by atoms with E-state index < -0.39 is 11.7 Å². The second kappa shape index (κ2) is 9.87. The highest BCUT2D eigenvalue weighted by molar-refractivity contribution is 5.30. The van der Waals surface area contributed by atoms with Crippen LogP contribution in [0, 0.1) is 0 Å². The minimum atomic E-state index is -0.956. The van der Waals surface area contributed by atoms with Crippen LogP contribution in [-0.4, -0.2) is 19.8 Å². The van der Waals surface area contributed by atoms with Gasteiger partial charge in [0.25, 0.3) is 0 Å². The Labute approximate surface area is 165 Å². The van der Waals surface area contributed by atoms with Gasteiger partial charge in [-0.05, 0) is 36.8 Å². The molecule has 0 spiro atoms. The largest absolute Gasteiger partial charge is 0.498 e. The van der Waals surface area contributed by atoms with Gasteiger partial charge < -0.3 is 14.2 Å². The molecule has 0 aromatic heterocycles. The Kier molecular flexibility index (Phi) is 7.26. The van der Waals surface area contributed by atoms with Gasteiger partial charge in [0.15, 0.2) is 11.7 Å². The summed E-state index contributed by atoms with van der Waals surface area (Å²) in [5, 5.41) is 0. The molecule has 0 bridgehead atoms. The first-order valence-electron chi connectivity index (χ1n) is 9.88. The van der Waals surface area contributed by atoms with Gasteiger partial charge in [0, 0.05) is 18.8 Å². The van der Waals surface area contributed by atoms with Crippen molar-refractivity contribution in [3.8, 4) is 0 Å². The molecule has 0 N–H and O–H groups in total. The predicted octanol–water partition coefficient (Wildman–Crippen LogP) is 6.23. The van der Waals surface area contributed by atoms with E-state index in [1.54, 1.807) is 0 Å². The van der Waals surface area contributed by atoms with Gasteiger partial charge in [0.1, 0.15) is 18.1 Å². The molecule has 1 aliphatic carbocycles. The maximum absolute atomic E-state index is 14.0. The van der Waals surface area contributed by atoms with Crippen LogP contribution in [0.2, 0.25) is 0 Å². The normalized spacial score (nSPS) is 23.0. The zero-order valence-electron chi connectivity index (χ0n) is 16.4. The molecule has 152 valence electrons. The van der Waals surface area contributed by atoms with E-state index in [0.717, 1.165) is 37.9 Å². The highest BCUT2D eigenvalue weighted by atomic mass is 19.2. The summed E-state index contributed by atoms with van der Waals surface area (Å²) in [6.45, 7) is 4.71. The summed E-state index contributed by atoms with van der Waals surface area (Å²) >= 11 is 0. The van der Waals surface area contributed by atoms with Crippen molar-refractivity contribution in [3.63, 3.8) is 0 Å². The smallest absolute Gasteiger partial charge is 0.199 e. The first kappa shape index (κ1) is 20.6. The topological polar surface area (TPSA) is 27.7 Å². The average molecular weight is 390 g/mol. The molecule has 28 heavy (non-hydrogen) atoms. The van der Waals surface area contributed by atoms with Crippen LogP contribution in [0.15, 0.2) is 60.1 Å². The predicted molar refractivity (Wildman–Crippen MR) is 105 cm³/mol. The molecule has 2 atom stereocenters. The third-order valence-corrected chi connectivity index (χ3v) is 5.44. The molecular formula is C23H28F2O3. The number of allylic oxidation sites excluding steroid dienone is 5. The van der Waals surface area contributed by atoms with Crippen molar-refractivity contribution < 1.29 is 23.0 Å². The van der Waals surface area contributed by atoms with Gasteiger partial charge in [-0.15, -0.1) is 6.58 Å². The fraction of sp³-hybridized carbons (Fsp3) is 0.478. The molecule has 1 aliphatic heterocycles. The average Bonchev–Trinajstić information content (AvgIpc) is 2.74. The number of hydrogen-bond acceptors (Lipinski definition) is 3. The van der Waals surface area contributed by atoms with Gasteiger partial charge in [-0.3, -0.25) is 0 Å². The van der Waals surface area contributed by atoms with Crippen molar-refractivity contribution in [2.75, 3.05) is 13.7 Å².